The number of alkyl halides is 3. The molecule has 21 heavy (non-hydrogen) atoms. The zero-order valence-electron chi connectivity index (χ0n) is 12.5. The predicted octanol–water partition coefficient (Wildman–Crippen LogP) is 3.59. The summed E-state index contributed by atoms with van der Waals surface area (Å²) in [5.41, 5.74) is 5.86. The van der Waals surface area contributed by atoms with E-state index in [4.69, 9.17) is 5.73 Å². The standard InChI is InChI=1S/C15H26F3N3/c16-15(17,18)12-6-4-5-11(9-12)10-20-14(19)21-13-7-2-1-3-8-13/h11-13H,1-10H2,(H3,19,20,21). The average molecular weight is 305 g/mol. The highest BCUT2D eigenvalue weighted by Gasteiger charge is 2.41. The SMILES string of the molecule is NC(=NCC1CCCC(C(F)(F)F)C1)NC1CCCCC1. The zero-order valence-corrected chi connectivity index (χ0v) is 12.5. The van der Waals surface area contributed by atoms with E-state index in [0.29, 0.717) is 25.0 Å². The molecular formula is C15H26F3N3. The van der Waals surface area contributed by atoms with Crippen LogP contribution in [0, 0.1) is 11.8 Å². The second-order valence-corrected chi connectivity index (χ2v) is 6.48. The van der Waals surface area contributed by atoms with Gasteiger partial charge in [0.25, 0.3) is 0 Å². The van der Waals surface area contributed by atoms with Crippen LogP contribution in [0.3, 0.4) is 0 Å². The van der Waals surface area contributed by atoms with Gasteiger partial charge in [0.05, 0.1) is 5.92 Å². The van der Waals surface area contributed by atoms with Crippen LogP contribution in [0.4, 0.5) is 13.2 Å². The van der Waals surface area contributed by atoms with Gasteiger partial charge in [-0.2, -0.15) is 13.2 Å². The van der Waals surface area contributed by atoms with Crippen LogP contribution in [0.15, 0.2) is 4.99 Å². The van der Waals surface area contributed by atoms with E-state index in [1.54, 1.807) is 0 Å². The quantitative estimate of drug-likeness (QED) is 0.618. The Hall–Kier alpha value is -0.940. The van der Waals surface area contributed by atoms with Gasteiger partial charge in [0.2, 0.25) is 0 Å². The summed E-state index contributed by atoms with van der Waals surface area (Å²) in [4.78, 5) is 4.27. The minimum atomic E-state index is -4.06. The first kappa shape index (κ1) is 16.4. The summed E-state index contributed by atoms with van der Waals surface area (Å²) in [6.45, 7) is 0.415. The fourth-order valence-electron chi connectivity index (χ4n) is 3.48. The van der Waals surface area contributed by atoms with Gasteiger partial charge in [-0.3, -0.25) is 4.99 Å². The third-order valence-electron chi connectivity index (χ3n) is 4.72. The summed E-state index contributed by atoms with van der Waals surface area (Å²) in [5, 5.41) is 3.21. The summed E-state index contributed by atoms with van der Waals surface area (Å²) >= 11 is 0. The molecule has 0 bridgehead atoms. The van der Waals surface area contributed by atoms with Crippen molar-refractivity contribution in [2.24, 2.45) is 22.6 Å². The molecule has 3 nitrogen and oxygen atoms in total. The average Bonchev–Trinajstić information content (AvgIpc) is 2.46. The number of nitrogens with zero attached hydrogens (tertiary/aromatic N) is 1. The van der Waals surface area contributed by atoms with Gasteiger partial charge in [0.1, 0.15) is 0 Å². The minimum Gasteiger partial charge on any atom is -0.370 e. The van der Waals surface area contributed by atoms with Crippen molar-refractivity contribution in [3.8, 4) is 0 Å². The second-order valence-electron chi connectivity index (χ2n) is 6.48. The molecule has 3 N–H and O–H groups in total. The Bertz CT molecular complexity index is 349. The molecule has 2 aliphatic rings. The molecule has 0 spiro atoms. The number of nitrogens with one attached hydrogen (secondary N) is 1. The van der Waals surface area contributed by atoms with Gasteiger partial charge < -0.3 is 11.1 Å². The number of rotatable bonds is 3. The maximum Gasteiger partial charge on any atom is 0.391 e. The topological polar surface area (TPSA) is 50.4 Å². The van der Waals surface area contributed by atoms with E-state index < -0.39 is 12.1 Å². The Labute approximate surface area is 124 Å². The van der Waals surface area contributed by atoms with Crippen LogP contribution >= 0.6 is 0 Å². The molecule has 0 heterocycles. The van der Waals surface area contributed by atoms with Crippen LogP contribution in [0.25, 0.3) is 0 Å². The first-order chi connectivity index (χ1) is 9.95. The Kier molecular flexibility index (Phi) is 5.76. The van der Waals surface area contributed by atoms with Crippen LogP contribution in [-0.2, 0) is 0 Å². The van der Waals surface area contributed by atoms with Crippen molar-refractivity contribution in [1.82, 2.24) is 5.32 Å². The van der Waals surface area contributed by atoms with E-state index in [1.165, 1.54) is 19.3 Å². The molecule has 0 amide bonds. The van der Waals surface area contributed by atoms with Crippen molar-refractivity contribution in [2.45, 2.75) is 70.0 Å². The lowest BCUT2D eigenvalue weighted by Gasteiger charge is -2.29. The number of hydrogen-bond acceptors (Lipinski definition) is 1. The van der Waals surface area contributed by atoms with Crippen molar-refractivity contribution in [1.29, 1.82) is 0 Å². The van der Waals surface area contributed by atoms with E-state index >= 15 is 0 Å². The Balaban J connectivity index is 1.76. The normalized spacial score (nSPS) is 29.4. The number of hydrogen-bond donors (Lipinski definition) is 2. The lowest BCUT2D eigenvalue weighted by molar-refractivity contribution is -0.185. The number of halogens is 3. The second kappa shape index (κ2) is 7.36. The first-order valence-electron chi connectivity index (χ1n) is 8.08. The van der Waals surface area contributed by atoms with Gasteiger partial charge in [-0.15, -0.1) is 0 Å². The van der Waals surface area contributed by atoms with Gasteiger partial charge in [-0.25, -0.2) is 0 Å². The van der Waals surface area contributed by atoms with Crippen LogP contribution in [-0.4, -0.2) is 24.7 Å². The minimum absolute atomic E-state index is 0.0112. The molecule has 122 valence electrons. The number of aliphatic imine (C=N–C) groups is 1. The van der Waals surface area contributed by atoms with Crippen LogP contribution in [0.5, 0.6) is 0 Å². The molecule has 2 unspecified atom stereocenters. The molecule has 0 aromatic rings. The number of guanidine groups is 1. The third kappa shape index (κ3) is 5.40. The monoisotopic (exact) mass is 305 g/mol. The summed E-state index contributed by atoms with van der Waals surface area (Å²) in [5.74, 6) is -0.743. The fourth-order valence-corrected chi connectivity index (χ4v) is 3.48. The molecular weight excluding hydrogens is 279 g/mol. The summed E-state index contributed by atoms with van der Waals surface area (Å²) in [6.07, 6.45) is 3.77. The highest BCUT2D eigenvalue weighted by atomic mass is 19.4. The smallest absolute Gasteiger partial charge is 0.370 e. The summed E-state index contributed by atoms with van der Waals surface area (Å²) < 4.78 is 38.2. The molecule has 0 saturated heterocycles. The van der Waals surface area contributed by atoms with Gasteiger partial charge in [-0.1, -0.05) is 25.7 Å². The van der Waals surface area contributed by atoms with Gasteiger partial charge in [0, 0.05) is 12.6 Å². The molecule has 6 heteroatoms. The van der Waals surface area contributed by atoms with E-state index in [0.717, 1.165) is 19.3 Å². The number of nitrogens with two attached hydrogens (primary N) is 1. The van der Waals surface area contributed by atoms with Crippen molar-refractivity contribution in [2.75, 3.05) is 6.54 Å². The summed E-state index contributed by atoms with van der Waals surface area (Å²) in [7, 11) is 0. The molecule has 2 atom stereocenters. The molecule has 2 rings (SSSR count). The van der Waals surface area contributed by atoms with E-state index in [9.17, 15) is 13.2 Å². The lowest BCUT2D eigenvalue weighted by atomic mass is 9.81. The highest BCUT2D eigenvalue weighted by molar-refractivity contribution is 5.78. The Morgan fingerprint density at radius 3 is 2.43 bits per heavy atom. The molecule has 0 aromatic heterocycles. The first-order valence-corrected chi connectivity index (χ1v) is 8.08. The van der Waals surface area contributed by atoms with Crippen molar-refractivity contribution >= 4 is 5.96 Å². The van der Waals surface area contributed by atoms with Crippen molar-refractivity contribution < 1.29 is 13.2 Å². The van der Waals surface area contributed by atoms with Crippen LogP contribution < -0.4 is 11.1 Å². The molecule has 2 saturated carbocycles. The Morgan fingerprint density at radius 1 is 1.05 bits per heavy atom. The molecule has 0 aromatic carbocycles. The van der Waals surface area contributed by atoms with Gasteiger partial charge in [0.15, 0.2) is 5.96 Å². The maximum atomic E-state index is 12.7. The molecule has 2 fully saturated rings. The van der Waals surface area contributed by atoms with E-state index in [-0.39, 0.29) is 18.8 Å². The summed E-state index contributed by atoms with van der Waals surface area (Å²) in [6, 6.07) is 0.386. The van der Waals surface area contributed by atoms with Gasteiger partial charge in [-0.05, 0) is 38.0 Å². The van der Waals surface area contributed by atoms with Crippen molar-refractivity contribution in [3.05, 3.63) is 0 Å². The Morgan fingerprint density at radius 2 is 1.76 bits per heavy atom. The molecule has 0 aliphatic heterocycles. The van der Waals surface area contributed by atoms with E-state index in [1.807, 2.05) is 0 Å². The van der Waals surface area contributed by atoms with Gasteiger partial charge >= 0.3 is 6.18 Å². The fraction of sp³-hybridized carbons (Fsp3) is 0.933. The third-order valence-corrected chi connectivity index (χ3v) is 4.72. The lowest BCUT2D eigenvalue weighted by Crippen LogP contribution is -2.41. The highest BCUT2D eigenvalue weighted by Crippen LogP contribution is 2.39. The zero-order chi connectivity index (χ0) is 15.3. The van der Waals surface area contributed by atoms with E-state index in [2.05, 4.69) is 10.3 Å². The molecule has 2 aliphatic carbocycles. The predicted molar refractivity (Wildman–Crippen MR) is 78.0 cm³/mol. The largest absolute Gasteiger partial charge is 0.391 e. The van der Waals surface area contributed by atoms with Crippen LogP contribution in [0.1, 0.15) is 57.8 Å². The van der Waals surface area contributed by atoms with Crippen LogP contribution in [0.2, 0.25) is 0 Å². The maximum absolute atomic E-state index is 12.7. The van der Waals surface area contributed by atoms with Crippen molar-refractivity contribution in [3.63, 3.8) is 0 Å². The molecule has 0 radical (unpaired) electrons.